The predicted molar refractivity (Wildman–Crippen MR) is 92.2 cm³/mol. The van der Waals surface area contributed by atoms with Crippen LogP contribution in [-0.4, -0.2) is 43.0 Å². The summed E-state index contributed by atoms with van der Waals surface area (Å²) in [4.78, 5) is 23.1. The summed E-state index contributed by atoms with van der Waals surface area (Å²) in [5.41, 5.74) is 0.776. The topological polar surface area (TPSA) is 110 Å². The summed E-state index contributed by atoms with van der Waals surface area (Å²) in [6.45, 7) is 1.35. The van der Waals surface area contributed by atoms with Crippen LogP contribution in [-0.2, 0) is 19.4 Å². The lowest BCUT2D eigenvalue weighted by atomic mass is 10.0. The number of hydrogen-bond donors (Lipinski definition) is 2. The van der Waals surface area contributed by atoms with Crippen LogP contribution in [0.5, 0.6) is 5.75 Å². The number of nitrogens with one attached hydrogen (secondary N) is 1. The van der Waals surface area contributed by atoms with Crippen molar-refractivity contribution in [1.29, 1.82) is 0 Å². The number of aliphatic carboxylic acids is 1. The smallest absolute Gasteiger partial charge is 0.341 e. The van der Waals surface area contributed by atoms with Crippen LogP contribution in [0.25, 0.3) is 0 Å². The Morgan fingerprint density at radius 1 is 1.24 bits per heavy atom. The number of ether oxygens (including phenoxy) is 1. The fourth-order valence-corrected chi connectivity index (χ4v) is 4.55. The van der Waals surface area contributed by atoms with E-state index in [0.29, 0.717) is 18.6 Å². The zero-order chi connectivity index (χ0) is 18.7. The Labute approximate surface area is 147 Å². The van der Waals surface area contributed by atoms with Gasteiger partial charge in [-0.2, -0.15) is 0 Å². The van der Waals surface area contributed by atoms with Crippen LogP contribution < -0.4 is 10.1 Å². The first kappa shape index (κ1) is 19.2. The van der Waals surface area contributed by atoms with E-state index >= 15 is 0 Å². The molecule has 1 fully saturated rings. The lowest BCUT2D eigenvalue weighted by Crippen LogP contribution is -2.50. The molecule has 1 saturated carbocycles. The number of rotatable bonds is 7. The zero-order valence-corrected chi connectivity index (χ0v) is 15.1. The lowest BCUT2D eigenvalue weighted by molar-refractivity contribution is -0.139. The zero-order valence-electron chi connectivity index (χ0n) is 14.3. The standard InChI is InChI=1S/C17H23NO6S/c1-12(13-5-7-14(8-6-13)24-11-15(19)20)18-16(21)17(25(2,22)23)9-3-4-10-17/h5-8,12H,3-4,9-11H2,1-2H3,(H,18,21)(H,19,20). The molecule has 1 aliphatic carbocycles. The Bertz CT molecular complexity index is 735. The Morgan fingerprint density at radius 3 is 2.28 bits per heavy atom. The third-order valence-corrected chi connectivity index (χ3v) is 6.64. The molecule has 0 bridgehead atoms. The van der Waals surface area contributed by atoms with Gasteiger partial charge in [0.25, 0.3) is 0 Å². The number of carboxylic acid groups (broad SMARTS) is 1. The van der Waals surface area contributed by atoms with Crippen LogP contribution in [0.15, 0.2) is 24.3 Å². The van der Waals surface area contributed by atoms with Crippen LogP contribution in [0.4, 0.5) is 0 Å². The molecule has 1 aromatic carbocycles. The van der Waals surface area contributed by atoms with Gasteiger partial charge in [0.15, 0.2) is 16.4 Å². The van der Waals surface area contributed by atoms with Gasteiger partial charge in [-0.1, -0.05) is 25.0 Å². The number of amides is 1. The molecule has 2 N–H and O–H groups in total. The van der Waals surface area contributed by atoms with Gasteiger partial charge in [0.1, 0.15) is 10.5 Å². The highest BCUT2D eigenvalue weighted by Crippen LogP contribution is 2.37. The molecule has 1 atom stereocenters. The molecule has 0 heterocycles. The van der Waals surface area contributed by atoms with E-state index in [2.05, 4.69) is 5.32 Å². The van der Waals surface area contributed by atoms with E-state index < -0.39 is 33.1 Å². The van der Waals surface area contributed by atoms with E-state index in [4.69, 9.17) is 9.84 Å². The van der Waals surface area contributed by atoms with Crippen molar-refractivity contribution in [3.8, 4) is 5.75 Å². The Kier molecular flexibility index (Phi) is 5.72. The number of carbonyl (C=O) groups is 2. The Balaban J connectivity index is 2.07. The summed E-state index contributed by atoms with van der Waals surface area (Å²) in [7, 11) is -3.50. The predicted octanol–water partition coefficient (Wildman–Crippen LogP) is 1.68. The molecule has 138 valence electrons. The van der Waals surface area contributed by atoms with Crippen molar-refractivity contribution >= 4 is 21.7 Å². The molecule has 1 aromatic rings. The maximum absolute atomic E-state index is 12.7. The summed E-state index contributed by atoms with van der Waals surface area (Å²) < 4.78 is 28.1. The van der Waals surface area contributed by atoms with Crippen molar-refractivity contribution < 1.29 is 27.9 Å². The maximum atomic E-state index is 12.7. The van der Waals surface area contributed by atoms with Crippen LogP contribution >= 0.6 is 0 Å². The molecule has 1 unspecified atom stereocenters. The highest BCUT2D eigenvalue weighted by Gasteiger charge is 2.50. The normalized spacial score (nSPS) is 17.7. The van der Waals surface area contributed by atoms with Gasteiger partial charge < -0.3 is 15.2 Å². The van der Waals surface area contributed by atoms with Gasteiger partial charge in [0, 0.05) is 6.26 Å². The fourth-order valence-electron chi connectivity index (χ4n) is 3.12. The molecule has 7 nitrogen and oxygen atoms in total. The molecule has 8 heteroatoms. The number of carboxylic acids is 1. The fraction of sp³-hybridized carbons (Fsp3) is 0.529. The van der Waals surface area contributed by atoms with Crippen molar-refractivity contribution in [1.82, 2.24) is 5.32 Å². The van der Waals surface area contributed by atoms with E-state index in [9.17, 15) is 18.0 Å². The third-order valence-electron chi connectivity index (χ3n) is 4.62. The molecular formula is C17H23NO6S. The first-order valence-electron chi connectivity index (χ1n) is 8.11. The molecule has 25 heavy (non-hydrogen) atoms. The largest absolute Gasteiger partial charge is 0.482 e. The number of carbonyl (C=O) groups excluding carboxylic acids is 1. The highest BCUT2D eigenvalue weighted by molar-refractivity contribution is 7.92. The minimum atomic E-state index is -3.50. The summed E-state index contributed by atoms with van der Waals surface area (Å²) in [5.74, 6) is -1.10. The minimum Gasteiger partial charge on any atom is -0.482 e. The van der Waals surface area contributed by atoms with E-state index in [1.54, 1.807) is 31.2 Å². The van der Waals surface area contributed by atoms with Gasteiger partial charge in [0.05, 0.1) is 6.04 Å². The van der Waals surface area contributed by atoms with Gasteiger partial charge in [-0.3, -0.25) is 4.79 Å². The van der Waals surface area contributed by atoms with Crippen molar-refractivity contribution in [3.05, 3.63) is 29.8 Å². The minimum absolute atomic E-state index is 0.354. The molecule has 2 rings (SSSR count). The van der Waals surface area contributed by atoms with E-state index in [0.717, 1.165) is 24.7 Å². The monoisotopic (exact) mass is 369 g/mol. The number of sulfone groups is 1. The van der Waals surface area contributed by atoms with Gasteiger partial charge in [0.2, 0.25) is 5.91 Å². The van der Waals surface area contributed by atoms with Crippen LogP contribution in [0.3, 0.4) is 0 Å². The molecule has 0 radical (unpaired) electrons. The van der Waals surface area contributed by atoms with Gasteiger partial charge in [-0.05, 0) is 37.5 Å². The van der Waals surface area contributed by atoms with Crippen molar-refractivity contribution in [2.75, 3.05) is 12.9 Å². The van der Waals surface area contributed by atoms with E-state index in [1.165, 1.54) is 0 Å². The first-order chi connectivity index (χ1) is 11.7. The second-order valence-electron chi connectivity index (χ2n) is 6.42. The Morgan fingerprint density at radius 2 is 1.80 bits per heavy atom. The summed E-state index contributed by atoms with van der Waals surface area (Å²) >= 11 is 0. The van der Waals surface area contributed by atoms with Crippen LogP contribution in [0, 0.1) is 0 Å². The number of hydrogen-bond acceptors (Lipinski definition) is 5. The van der Waals surface area contributed by atoms with Crippen LogP contribution in [0.2, 0.25) is 0 Å². The average molecular weight is 369 g/mol. The number of benzene rings is 1. The molecule has 0 saturated heterocycles. The lowest BCUT2D eigenvalue weighted by Gasteiger charge is -2.27. The summed E-state index contributed by atoms with van der Waals surface area (Å²) in [6, 6.07) is 6.28. The van der Waals surface area contributed by atoms with Gasteiger partial charge in [-0.15, -0.1) is 0 Å². The summed E-state index contributed by atoms with van der Waals surface area (Å²) in [5, 5.41) is 11.4. The van der Waals surface area contributed by atoms with E-state index in [-0.39, 0.29) is 6.04 Å². The highest BCUT2D eigenvalue weighted by atomic mass is 32.2. The molecule has 0 spiro atoms. The SMILES string of the molecule is CC(NC(=O)C1(S(C)(=O)=O)CCCC1)c1ccc(OCC(=O)O)cc1. The maximum Gasteiger partial charge on any atom is 0.341 e. The third kappa shape index (κ3) is 4.31. The van der Waals surface area contributed by atoms with Gasteiger partial charge >= 0.3 is 5.97 Å². The summed E-state index contributed by atoms with van der Waals surface area (Å²) in [6.07, 6.45) is 3.28. The average Bonchev–Trinajstić information content (AvgIpc) is 3.04. The molecule has 0 aliphatic heterocycles. The quantitative estimate of drug-likeness (QED) is 0.757. The van der Waals surface area contributed by atoms with E-state index in [1.807, 2.05) is 0 Å². The first-order valence-corrected chi connectivity index (χ1v) is 10.00. The van der Waals surface area contributed by atoms with Crippen molar-refractivity contribution in [2.24, 2.45) is 0 Å². The molecule has 1 amide bonds. The molecule has 1 aliphatic rings. The second kappa shape index (κ2) is 7.43. The second-order valence-corrected chi connectivity index (χ2v) is 8.75. The van der Waals surface area contributed by atoms with Crippen molar-refractivity contribution in [2.45, 2.75) is 43.4 Å². The van der Waals surface area contributed by atoms with Crippen molar-refractivity contribution in [3.63, 3.8) is 0 Å². The molecular weight excluding hydrogens is 346 g/mol. The molecule has 0 aromatic heterocycles. The van der Waals surface area contributed by atoms with Gasteiger partial charge in [-0.25, -0.2) is 13.2 Å². The van der Waals surface area contributed by atoms with Crippen LogP contribution in [0.1, 0.15) is 44.2 Å². The Hall–Kier alpha value is -2.09.